The standard InChI is InChI=1S/C18H33N3O2/c1-12(2)15-9-14(20-21(15)17(4,5)6)16(23)19-11-18(7,8)10-13(3)22/h9,12-13,22H,10-11H2,1-8H3,(H,19,23). The van der Waals surface area contributed by atoms with Gasteiger partial charge in [0.2, 0.25) is 0 Å². The summed E-state index contributed by atoms with van der Waals surface area (Å²) in [4.78, 5) is 12.4. The molecule has 1 aromatic heterocycles. The number of aromatic nitrogens is 2. The number of rotatable bonds is 6. The van der Waals surface area contributed by atoms with Crippen LogP contribution in [0.2, 0.25) is 0 Å². The Morgan fingerprint density at radius 1 is 1.26 bits per heavy atom. The van der Waals surface area contributed by atoms with Gasteiger partial charge < -0.3 is 10.4 Å². The maximum absolute atomic E-state index is 12.4. The Morgan fingerprint density at radius 2 is 1.83 bits per heavy atom. The summed E-state index contributed by atoms with van der Waals surface area (Å²) >= 11 is 0. The van der Waals surface area contributed by atoms with Crippen molar-refractivity contribution in [1.82, 2.24) is 15.1 Å². The van der Waals surface area contributed by atoms with Crippen LogP contribution in [0.15, 0.2) is 6.07 Å². The third-order valence-corrected chi connectivity index (χ3v) is 3.77. The fraction of sp³-hybridized carbons (Fsp3) is 0.778. The van der Waals surface area contributed by atoms with Crippen LogP contribution in [0, 0.1) is 5.41 Å². The lowest BCUT2D eigenvalue weighted by molar-refractivity contribution is 0.0896. The second-order valence-corrected chi connectivity index (χ2v) is 8.59. The highest BCUT2D eigenvalue weighted by Crippen LogP contribution is 2.24. The van der Waals surface area contributed by atoms with Crippen molar-refractivity contribution in [1.29, 1.82) is 0 Å². The molecule has 5 nitrogen and oxygen atoms in total. The molecule has 1 amide bonds. The third-order valence-electron chi connectivity index (χ3n) is 3.77. The van der Waals surface area contributed by atoms with E-state index in [1.807, 2.05) is 24.6 Å². The van der Waals surface area contributed by atoms with E-state index < -0.39 is 0 Å². The van der Waals surface area contributed by atoms with Gasteiger partial charge in [0.15, 0.2) is 0 Å². The van der Waals surface area contributed by atoms with Crippen molar-refractivity contribution in [2.24, 2.45) is 5.41 Å². The number of carbonyl (C=O) groups is 1. The average molecular weight is 323 g/mol. The highest BCUT2D eigenvalue weighted by atomic mass is 16.3. The molecule has 132 valence electrons. The largest absolute Gasteiger partial charge is 0.393 e. The smallest absolute Gasteiger partial charge is 0.271 e. The predicted octanol–water partition coefficient (Wildman–Crippen LogP) is 3.29. The Balaban J connectivity index is 2.89. The van der Waals surface area contributed by atoms with Gasteiger partial charge in [-0.25, -0.2) is 0 Å². The van der Waals surface area contributed by atoms with Crippen molar-refractivity contribution in [3.05, 3.63) is 17.5 Å². The maximum Gasteiger partial charge on any atom is 0.271 e. The Labute approximate surface area is 140 Å². The number of nitrogens with zero attached hydrogens (tertiary/aromatic N) is 2. The van der Waals surface area contributed by atoms with E-state index >= 15 is 0 Å². The van der Waals surface area contributed by atoms with Gasteiger partial charge in [0.05, 0.1) is 11.6 Å². The van der Waals surface area contributed by atoms with Gasteiger partial charge in [-0.1, -0.05) is 27.7 Å². The first-order valence-corrected chi connectivity index (χ1v) is 8.40. The molecule has 2 N–H and O–H groups in total. The first kappa shape index (κ1) is 19.7. The maximum atomic E-state index is 12.4. The molecular formula is C18H33N3O2. The average Bonchev–Trinajstić information content (AvgIpc) is 2.79. The molecular weight excluding hydrogens is 290 g/mol. The monoisotopic (exact) mass is 323 g/mol. The van der Waals surface area contributed by atoms with E-state index in [-0.39, 0.29) is 23.0 Å². The number of hydrogen-bond acceptors (Lipinski definition) is 3. The van der Waals surface area contributed by atoms with Crippen molar-refractivity contribution in [2.75, 3.05) is 6.54 Å². The topological polar surface area (TPSA) is 67.2 Å². The summed E-state index contributed by atoms with van der Waals surface area (Å²) < 4.78 is 1.94. The highest BCUT2D eigenvalue weighted by molar-refractivity contribution is 5.92. The summed E-state index contributed by atoms with van der Waals surface area (Å²) in [6.45, 7) is 16.8. The van der Waals surface area contributed by atoms with Gasteiger partial charge in [-0.15, -0.1) is 0 Å². The Kier molecular flexibility index (Phi) is 6.02. The summed E-state index contributed by atoms with van der Waals surface area (Å²) in [7, 11) is 0. The molecule has 0 aliphatic heterocycles. The number of nitrogens with one attached hydrogen (secondary N) is 1. The van der Waals surface area contributed by atoms with Crippen LogP contribution in [0.1, 0.15) is 83.9 Å². The summed E-state index contributed by atoms with van der Waals surface area (Å²) in [5.41, 5.74) is 1.20. The second-order valence-electron chi connectivity index (χ2n) is 8.59. The van der Waals surface area contributed by atoms with Gasteiger partial charge in [-0.2, -0.15) is 5.10 Å². The normalized spacial score (nSPS) is 14.2. The van der Waals surface area contributed by atoms with Crippen LogP contribution in [-0.4, -0.2) is 33.4 Å². The summed E-state index contributed by atoms with van der Waals surface area (Å²) in [6, 6.07) is 1.88. The molecule has 0 aliphatic carbocycles. The summed E-state index contributed by atoms with van der Waals surface area (Å²) in [5.74, 6) is 0.142. The lowest BCUT2D eigenvalue weighted by Gasteiger charge is -2.26. The van der Waals surface area contributed by atoms with Gasteiger partial charge in [0, 0.05) is 12.2 Å². The Bertz CT molecular complexity index is 537. The lowest BCUT2D eigenvalue weighted by Crippen LogP contribution is -2.36. The van der Waals surface area contributed by atoms with Crippen molar-refractivity contribution in [3.8, 4) is 0 Å². The molecule has 1 aromatic rings. The zero-order valence-electron chi connectivity index (χ0n) is 15.9. The van der Waals surface area contributed by atoms with Gasteiger partial charge in [-0.05, 0) is 51.5 Å². The zero-order chi connectivity index (χ0) is 18.0. The molecule has 0 saturated carbocycles. The van der Waals surface area contributed by atoms with E-state index in [0.717, 1.165) is 5.69 Å². The SMILES string of the molecule is CC(O)CC(C)(C)CNC(=O)c1cc(C(C)C)n(C(C)(C)C)n1. The lowest BCUT2D eigenvalue weighted by atomic mass is 9.87. The minimum Gasteiger partial charge on any atom is -0.393 e. The molecule has 0 aromatic carbocycles. The number of aliphatic hydroxyl groups is 1. The van der Waals surface area contributed by atoms with Crippen LogP contribution in [0.3, 0.4) is 0 Å². The molecule has 0 saturated heterocycles. The molecule has 1 rings (SSSR count). The second kappa shape index (κ2) is 7.04. The highest BCUT2D eigenvalue weighted by Gasteiger charge is 2.25. The summed E-state index contributed by atoms with van der Waals surface area (Å²) in [6.07, 6.45) is 0.260. The number of hydrogen-bond donors (Lipinski definition) is 2. The first-order valence-electron chi connectivity index (χ1n) is 8.40. The van der Waals surface area contributed by atoms with Gasteiger partial charge in [0.25, 0.3) is 5.91 Å². The van der Waals surface area contributed by atoms with Crippen molar-refractivity contribution in [3.63, 3.8) is 0 Å². The van der Waals surface area contributed by atoms with E-state index in [2.05, 4.69) is 45.0 Å². The van der Waals surface area contributed by atoms with Crippen LogP contribution < -0.4 is 5.32 Å². The minimum absolute atomic E-state index is 0.155. The van der Waals surface area contributed by atoms with Crippen LogP contribution in [0.25, 0.3) is 0 Å². The molecule has 1 heterocycles. The van der Waals surface area contributed by atoms with E-state index in [1.54, 1.807) is 6.92 Å². The molecule has 0 bridgehead atoms. The Morgan fingerprint density at radius 3 is 2.22 bits per heavy atom. The fourth-order valence-corrected chi connectivity index (χ4v) is 2.74. The zero-order valence-corrected chi connectivity index (χ0v) is 15.9. The number of carbonyl (C=O) groups excluding carboxylic acids is 1. The molecule has 0 fully saturated rings. The Hall–Kier alpha value is -1.36. The molecule has 23 heavy (non-hydrogen) atoms. The van der Waals surface area contributed by atoms with Crippen molar-refractivity contribution in [2.45, 2.75) is 79.4 Å². The van der Waals surface area contributed by atoms with Crippen LogP contribution in [0.4, 0.5) is 0 Å². The summed E-state index contributed by atoms with van der Waals surface area (Å²) in [5, 5.41) is 17.0. The first-order chi connectivity index (χ1) is 10.3. The quantitative estimate of drug-likeness (QED) is 0.844. The number of aliphatic hydroxyl groups excluding tert-OH is 1. The van der Waals surface area contributed by atoms with E-state index in [4.69, 9.17) is 0 Å². The fourth-order valence-electron chi connectivity index (χ4n) is 2.74. The van der Waals surface area contributed by atoms with Gasteiger partial charge in [-0.3, -0.25) is 9.48 Å². The van der Waals surface area contributed by atoms with E-state index in [1.165, 1.54) is 0 Å². The van der Waals surface area contributed by atoms with E-state index in [0.29, 0.717) is 24.6 Å². The molecule has 5 heteroatoms. The molecule has 0 radical (unpaired) electrons. The minimum atomic E-state index is -0.380. The van der Waals surface area contributed by atoms with Gasteiger partial charge >= 0.3 is 0 Å². The molecule has 1 atom stereocenters. The molecule has 0 spiro atoms. The molecule has 0 aliphatic rings. The van der Waals surface area contributed by atoms with Crippen molar-refractivity contribution < 1.29 is 9.90 Å². The van der Waals surface area contributed by atoms with Crippen LogP contribution in [0.5, 0.6) is 0 Å². The van der Waals surface area contributed by atoms with Crippen LogP contribution in [-0.2, 0) is 5.54 Å². The molecule has 1 unspecified atom stereocenters. The van der Waals surface area contributed by atoms with Crippen molar-refractivity contribution >= 4 is 5.91 Å². The van der Waals surface area contributed by atoms with E-state index in [9.17, 15) is 9.90 Å². The number of amides is 1. The van der Waals surface area contributed by atoms with Gasteiger partial charge in [0.1, 0.15) is 5.69 Å². The third kappa shape index (κ3) is 5.65. The predicted molar refractivity (Wildman–Crippen MR) is 93.7 cm³/mol. The van der Waals surface area contributed by atoms with Crippen LogP contribution >= 0.6 is 0 Å².